The topological polar surface area (TPSA) is 0 Å². The standard InChI is InChI=1S/F3ISi/c1-5(2,3)4. The van der Waals surface area contributed by atoms with E-state index >= 15 is 0 Å². The quantitative estimate of drug-likeness (QED) is 0.326. The van der Waals surface area contributed by atoms with E-state index in [-0.39, 0.29) is 0 Å². The molecule has 0 amide bonds. The summed E-state index contributed by atoms with van der Waals surface area (Å²) in [5.41, 5.74) is 0. The molecule has 0 aromatic rings. The molecule has 5 heteroatoms. The zero-order chi connectivity index (χ0) is 4.50. The van der Waals surface area contributed by atoms with Crippen LogP contribution < -0.4 is 0 Å². The molecule has 0 unspecified atom stereocenters. The highest BCUT2D eigenvalue weighted by Crippen LogP contribution is 2.15. The van der Waals surface area contributed by atoms with Crippen molar-refractivity contribution in [1.82, 2.24) is 0 Å². The SMILES string of the molecule is F[Si](F)(F)I. The van der Waals surface area contributed by atoms with Gasteiger partial charge in [0, 0.05) is 21.8 Å². The number of rotatable bonds is 0. The predicted octanol–water partition coefficient (Wildman–Crippen LogP) is 1.77. The second kappa shape index (κ2) is 1.46. The van der Waals surface area contributed by atoms with Gasteiger partial charge in [0.15, 0.2) is 0 Å². The maximum absolute atomic E-state index is 10.5. The minimum atomic E-state index is -5.14. The summed E-state index contributed by atoms with van der Waals surface area (Å²) in [6.45, 7) is -5.14. The molecule has 0 bridgehead atoms. The lowest BCUT2D eigenvalue weighted by atomic mass is 18.7. The maximum atomic E-state index is 10.5. The Morgan fingerprint density at radius 2 is 1.20 bits per heavy atom. The predicted molar refractivity (Wildman–Crippen MR) is 23.1 cm³/mol. The molecule has 0 saturated heterocycles. The van der Waals surface area contributed by atoms with Gasteiger partial charge in [-0.25, -0.2) is 12.3 Å². The average Bonchev–Trinajstić information content (AvgIpc) is 0.722. The summed E-state index contributed by atoms with van der Waals surface area (Å²) < 4.78 is 31.4. The Labute approximate surface area is 41.1 Å². The summed E-state index contributed by atoms with van der Waals surface area (Å²) in [4.78, 5) is 0. The normalized spacial score (nSPS) is 12.0. The first-order valence-corrected chi connectivity index (χ1v) is 5.50. The first-order valence-electron chi connectivity index (χ1n) is 0.756. The van der Waals surface area contributed by atoms with Gasteiger partial charge in [-0.05, 0) is 0 Å². The summed E-state index contributed by atoms with van der Waals surface area (Å²) in [6, 6.07) is 0. The van der Waals surface area contributed by atoms with Crippen LogP contribution in [0.25, 0.3) is 0 Å². The van der Waals surface area contributed by atoms with Gasteiger partial charge in [-0.3, -0.25) is 0 Å². The van der Waals surface area contributed by atoms with Crippen molar-refractivity contribution < 1.29 is 12.3 Å². The molecule has 5 heavy (non-hydrogen) atoms. The molecule has 0 aromatic carbocycles. The van der Waals surface area contributed by atoms with Crippen molar-refractivity contribution in [2.24, 2.45) is 0 Å². The van der Waals surface area contributed by atoms with Crippen LogP contribution in [0, 0.1) is 0 Å². The van der Waals surface area contributed by atoms with Crippen LogP contribution >= 0.6 is 21.8 Å². The number of hydrogen-bond acceptors (Lipinski definition) is 0. The lowest BCUT2D eigenvalue weighted by molar-refractivity contribution is 0.528. The van der Waals surface area contributed by atoms with Crippen LogP contribution in [-0.2, 0) is 0 Å². The highest BCUT2D eigenvalue weighted by Gasteiger charge is 2.31. The van der Waals surface area contributed by atoms with Crippen molar-refractivity contribution in [3.8, 4) is 0 Å². The van der Waals surface area contributed by atoms with Gasteiger partial charge in [0.25, 0.3) is 0 Å². The van der Waals surface area contributed by atoms with Crippen molar-refractivity contribution in [3.05, 3.63) is 0 Å². The largest absolute Gasteiger partial charge is 0.688 e. The third-order valence-electron chi connectivity index (χ3n) is 0. The van der Waals surface area contributed by atoms with Crippen LogP contribution in [0.4, 0.5) is 12.3 Å². The van der Waals surface area contributed by atoms with Crippen LogP contribution in [-0.4, -0.2) is 6.57 Å². The maximum Gasteiger partial charge on any atom is 0.688 e. The van der Waals surface area contributed by atoms with Gasteiger partial charge in [0.05, 0.1) is 0 Å². The minimum Gasteiger partial charge on any atom is -0.230 e. The van der Waals surface area contributed by atoms with E-state index < -0.39 is 6.57 Å². The molecule has 0 atom stereocenters. The van der Waals surface area contributed by atoms with E-state index in [1.807, 2.05) is 0 Å². The molecule has 0 radical (unpaired) electrons. The van der Waals surface area contributed by atoms with Gasteiger partial charge < -0.3 is 0 Å². The zero-order valence-electron chi connectivity index (χ0n) is 2.01. The summed E-state index contributed by atoms with van der Waals surface area (Å²) in [6.07, 6.45) is 0. The lowest BCUT2D eigenvalue weighted by Gasteiger charge is -1.79. The first kappa shape index (κ1) is 5.74. The molecule has 0 aliphatic rings. The van der Waals surface area contributed by atoms with Gasteiger partial charge in [0.1, 0.15) is 0 Å². The van der Waals surface area contributed by atoms with E-state index in [9.17, 15) is 12.3 Å². The fraction of sp³-hybridized carbons (Fsp3) is 0. The van der Waals surface area contributed by atoms with Crippen molar-refractivity contribution in [1.29, 1.82) is 0 Å². The molecule has 0 nitrogen and oxygen atoms in total. The van der Waals surface area contributed by atoms with Crippen LogP contribution in [0.15, 0.2) is 0 Å². The second-order valence-corrected chi connectivity index (χ2v) is 4.96. The van der Waals surface area contributed by atoms with Gasteiger partial charge >= 0.3 is 6.57 Å². The van der Waals surface area contributed by atoms with Gasteiger partial charge in [-0.15, -0.1) is 0 Å². The lowest BCUT2D eigenvalue weighted by Crippen LogP contribution is -1.98. The molecule has 0 rings (SSSR count). The summed E-state index contributed by atoms with van der Waals surface area (Å²) >= 11 is 0.516. The molecular weight excluding hydrogens is 212 g/mol. The third-order valence-corrected chi connectivity index (χ3v) is 0. The smallest absolute Gasteiger partial charge is 0.230 e. The Morgan fingerprint density at radius 1 is 1.20 bits per heavy atom. The molecule has 0 aliphatic heterocycles. The van der Waals surface area contributed by atoms with Crippen molar-refractivity contribution in [3.63, 3.8) is 0 Å². The van der Waals surface area contributed by atoms with E-state index in [0.29, 0.717) is 21.8 Å². The van der Waals surface area contributed by atoms with Crippen molar-refractivity contribution in [2.45, 2.75) is 0 Å². The monoisotopic (exact) mass is 212 g/mol. The number of hydrogen-bond donors (Lipinski definition) is 0. The fourth-order valence-electron chi connectivity index (χ4n) is 0. The summed E-state index contributed by atoms with van der Waals surface area (Å²) in [5.74, 6) is 0. The molecule has 0 spiro atoms. The molecule has 0 heterocycles. The van der Waals surface area contributed by atoms with Gasteiger partial charge in [-0.1, -0.05) is 0 Å². The fourth-order valence-corrected chi connectivity index (χ4v) is 0. The molecule has 0 N–H and O–H groups in total. The molecule has 32 valence electrons. The Hall–Kier alpha value is 0.737. The highest BCUT2D eigenvalue weighted by molar-refractivity contribution is 14.1. The minimum absolute atomic E-state index is 0.516. The van der Waals surface area contributed by atoms with E-state index in [1.165, 1.54) is 0 Å². The van der Waals surface area contributed by atoms with Gasteiger partial charge in [0.2, 0.25) is 0 Å². The summed E-state index contributed by atoms with van der Waals surface area (Å²) in [5, 5.41) is 0. The Bertz CT molecular complexity index is 22.4. The van der Waals surface area contributed by atoms with Crippen LogP contribution in [0.1, 0.15) is 0 Å². The first-order chi connectivity index (χ1) is 2.00. The molecule has 0 fully saturated rings. The van der Waals surface area contributed by atoms with Crippen LogP contribution in [0.3, 0.4) is 0 Å². The summed E-state index contributed by atoms with van der Waals surface area (Å²) in [7, 11) is 0. The zero-order valence-corrected chi connectivity index (χ0v) is 5.17. The highest BCUT2D eigenvalue weighted by atomic mass is 127. The van der Waals surface area contributed by atoms with E-state index in [0.717, 1.165) is 0 Å². The number of halogens is 4. The Morgan fingerprint density at radius 3 is 1.20 bits per heavy atom. The van der Waals surface area contributed by atoms with E-state index in [4.69, 9.17) is 0 Å². The van der Waals surface area contributed by atoms with Crippen LogP contribution in [0.5, 0.6) is 0 Å². The molecular formula is F3ISi. The Balaban J connectivity index is 3.02. The van der Waals surface area contributed by atoms with Crippen molar-refractivity contribution >= 4 is 28.4 Å². The second-order valence-electron chi connectivity index (χ2n) is 0.429. The third kappa shape index (κ3) is 65.3. The van der Waals surface area contributed by atoms with Crippen LogP contribution in [0.2, 0.25) is 0 Å². The molecule has 0 saturated carbocycles. The van der Waals surface area contributed by atoms with E-state index in [2.05, 4.69) is 0 Å². The molecule has 0 aromatic heterocycles. The van der Waals surface area contributed by atoms with E-state index in [1.54, 1.807) is 0 Å². The van der Waals surface area contributed by atoms with Crippen molar-refractivity contribution in [2.75, 3.05) is 0 Å². The molecule has 0 aliphatic carbocycles. The average molecular weight is 212 g/mol. The van der Waals surface area contributed by atoms with Gasteiger partial charge in [-0.2, -0.15) is 0 Å². The Kier molecular flexibility index (Phi) is 1.67.